The first kappa shape index (κ1) is 20.7. The van der Waals surface area contributed by atoms with Gasteiger partial charge in [-0.2, -0.15) is 0 Å². The van der Waals surface area contributed by atoms with Crippen LogP contribution >= 0.6 is 12.4 Å². The van der Waals surface area contributed by atoms with E-state index in [0.29, 0.717) is 19.8 Å². The number of amides is 1. The lowest BCUT2D eigenvalue weighted by Gasteiger charge is -2.33. The van der Waals surface area contributed by atoms with E-state index in [9.17, 15) is 4.79 Å². The van der Waals surface area contributed by atoms with Crippen LogP contribution < -0.4 is 15.8 Å². The molecule has 1 aromatic rings. The number of carbonyl (C=O) groups excluding carboxylic acids is 1. The Morgan fingerprint density at radius 3 is 2.45 bits per heavy atom. The molecule has 0 aromatic heterocycles. The molecule has 1 unspecified atom stereocenters. The Morgan fingerprint density at radius 1 is 1.27 bits per heavy atom. The van der Waals surface area contributed by atoms with Gasteiger partial charge in [0.25, 0.3) is 0 Å². The van der Waals surface area contributed by atoms with Gasteiger partial charge in [-0.15, -0.1) is 12.4 Å². The van der Waals surface area contributed by atoms with E-state index < -0.39 is 5.54 Å². The molecule has 1 aromatic carbocycles. The van der Waals surface area contributed by atoms with Crippen molar-refractivity contribution >= 4 is 18.3 Å². The number of rotatable bonds is 9. The number of hydrogen-bond acceptors (Lipinski definition) is 4. The highest BCUT2D eigenvalue weighted by Crippen LogP contribution is 2.14. The van der Waals surface area contributed by atoms with Crippen molar-refractivity contribution in [1.82, 2.24) is 5.32 Å². The molecule has 0 aliphatic rings. The molecular weight excluding hydrogens is 304 g/mol. The summed E-state index contributed by atoms with van der Waals surface area (Å²) in [6.07, 6.45) is 0. The SMILES string of the molecule is CC(C)C(C)(CN)NC(=O)COCCOc1ccccc1.Cl. The van der Waals surface area contributed by atoms with Crippen molar-refractivity contribution in [2.24, 2.45) is 11.7 Å². The fourth-order valence-electron chi connectivity index (χ4n) is 1.69. The molecule has 0 aliphatic heterocycles. The van der Waals surface area contributed by atoms with Crippen molar-refractivity contribution in [2.75, 3.05) is 26.4 Å². The maximum Gasteiger partial charge on any atom is 0.246 e. The number of carbonyl (C=O) groups is 1. The highest BCUT2D eigenvalue weighted by atomic mass is 35.5. The molecular formula is C16H27ClN2O3. The van der Waals surface area contributed by atoms with Gasteiger partial charge in [0.15, 0.2) is 0 Å². The zero-order valence-electron chi connectivity index (χ0n) is 13.5. The number of ether oxygens (including phenoxy) is 2. The molecule has 0 radical (unpaired) electrons. The van der Waals surface area contributed by atoms with Gasteiger partial charge in [0.1, 0.15) is 19.0 Å². The second-order valence-corrected chi connectivity index (χ2v) is 5.54. The monoisotopic (exact) mass is 330 g/mol. The molecule has 0 saturated carbocycles. The summed E-state index contributed by atoms with van der Waals surface area (Å²) >= 11 is 0. The molecule has 0 aliphatic carbocycles. The van der Waals surface area contributed by atoms with Crippen molar-refractivity contribution < 1.29 is 14.3 Å². The highest BCUT2D eigenvalue weighted by molar-refractivity contribution is 5.85. The van der Waals surface area contributed by atoms with Crippen LogP contribution in [0.1, 0.15) is 20.8 Å². The Hall–Kier alpha value is -1.30. The number of nitrogens with one attached hydrogen (secondary N) is 1. The summed E-state index contributed by atoms with van der Waals surface area (Å²) in [5, 5.41) is 2.92. The molecule has 5 nitrogen and oxygen atoms in total. The Labute approximate surface area is 139 Å². The van der Waals surface area contributed by atoms with E-state index in [1.54, 1.807) is 0 Å². The number of halogens is 1. The van der Waals surface area contributed by atoms with Crippen molar-refractivity contribution in [3.8, 4) is 5.75 Å². The van der Waals surface area contributed by atoms with E-state index in [0.717, 1.165) is 5.75 Å². The molecule has 0 heterocycles. The Kier molecular flexibility index (Phi) is 9.81. The second kappa shape index (κ2) is 10.4. The zero-order valence-corrected chi connectivity index (χ0v) is 14.3. The summed E-state index contributed by atoms with van der Waals surface area (Å²) < 4.78 is 10.8. The smallest absolute Gasteiger partial charge is 0.246 e. The minimum Gasteiger partial charge on any atom is -0.491 e. The fraction of sp³-hybridized carbons (Fsp3) is 0.562. The van der Waals surface area contributed by atoms with Gasteiger partial charge >= 0.3 is 0 Å². The van der Waals surface area contributed by atoms with Crippen LogP contribution in [0.5, 0.6) is 5.75 Å². The van der Waals surface area contributed by atoms with Gasteiger partial charge in [0.05, 0.1) is 12.1 Å². The second-order valence-electron chi connectivity index (χ2n) is 5.54. The predicted molar refractivity (Wildman–Crippen MR) is 90.4 cm³/mol. The van der Waals surface area contributed by atoms with Crippen molar-refractivity contribution in [2.45, 2.75) is 26.3 Å². The molecule has 0 saturated heterocycles. The van der Waals surface area contributed by atoms with E-state index in [-0.39, 0.29) is 30.8 Å². The molecule has 126 valence electrons. The van der Waals surface area contributed by atoms with Crippen molar-refractivity contribution in [3.63, 3.8) is 0 Å². The normalized spacial score (nSPS) is 13.1. The lowest BCUT2D eigenvalue weighted by Crippen LogP contribution is -2.55. The summed E-state index contributed by atoms with van der Waals surface area (Å²) in [6, 6.07) is 9.49. The third kappa shape index (κ3) is 7.11. The van der Waals surface area contributed by atoms with Crippen LogP contribution in [0.15, 0.2) is 30.3 Å². The Bertz CT molecular complexity index is 429. The molecule has 0 spiro atoms. The zero-order chi connectivity index (χ0) is 15.7. The number of para-hydroxylation sites is 1. The van der Waals surface area contributed by atoms with Crippen molar-refractivity contribution in [1.29, 1.82) is 0 Å². The average molecular weight is 331 g/mol. The topological polar surface area (TPSA) is 73.6 Å². The van der Waals surface area contributed by atoms with Crippen LogP contribution in [0.25, 0.3) is 0 Å². The molecule has 6 heteroatoms. The third-order valence-corrected chi connectivity index (χ3v) is 3.60. The van der Waals surface area contributed by atoms with Gasteiger partial charge in [-0.1, -0.05) is 32.0 Å². The first-order valence-electron chi connectivity index (χ1n) is 7.24. The summed E-state index contributed by atoms with van der Waals surface area (Å²) in [5.41, 5.74) is 5.32. The quantitative estimate of drug-likeness (QED) is 0.679. The Morgan fingerprint density at radius 2 is 1.91 bits per heavy atom. The van der Waals surface area contributed by atoms with Crippen LogP contribution in [0.2, 0.25) is 0 Å². The largest absolute Gasteiger partial charge is 0.491 e. The summed E-state index contributed by atoms with van der Waals surface area (Å²) in [5.74, 6) is 0.894. The van der Waals surface area contributed by atoms with E-state index in [4.69, 9.17) is 15.2 Å². The van der Waals surface area contributed by atoms with E-state index in [1.165, 1.54) is 0 Å². The summed E-state index contributed by atoms with van der Waals surface area (Å²) in [6.45, 7) is 7.18. The molecule has 1 atom stereocenters. The van der Waals surface area contributed by atoms with E-state index in [2.05, 4.69) is 5.32 Å². The lowest BCUT2D eigenvalue weighted by molar-refractivity contribution is -0.128. The Balaban J connectivity index is 0.00000441. The number of nitrogens with two attached hydrogens (primary N) is 1. The van der Waals surface area contributed by atoms with Gasteiger partial charge in [-0.3, -0.25) is 4.79 Å². The van der Waals surface area contributed by atoms with Gasteiger partial charge in [-0.05, 0) is 25.0 Å². The standard InChI is InChI=1S/C16H26N2O3.ClH/c1-13(2)16(3,12-17)18-15(19)11-20-9-10-21-14-7-5-4-6-8-14;/h4-8,13H,9-12,17H2,1-3H3,(H,18,19);1H. The van der Waals surface area contributed by atoms with Gasteiger partial charge in [0, 0.05) is 6.54 Å². The summed E-state index contributed by atoms with van der Waals surface area (Å²) in [7, 11) is 0. The minimum atomic E-state index is -0.402. The third-order valence-electron chi connectivity index (χ3n) is 3.60. The average Bonchev–Trinajstić information content (AvgIpc) is 2.47. The first-order chi connectivity index (χ1) is 9.98. The van der Waals surface area contributed by atoms with E-state index in [1.807, 2.05) is 51.1 Å². The maximum atomic E-state index is 11.8. The maximum absolute atomic E-state index is 11.8. The van der Waals surface area contributed by atoms with Crippen LogP contribution in [0, 0.1) is 5.92 Å². The van der Waals surface area contributed by atoms with Crippen LogP contribution in [0.3, 0.4) is 0 Å². The van der Waals surface area contributed by atoms with E-state index >= 15 is 0 Å². The van der Waals surface area contributed by atoms with Crippen LogP contribution in [-0.2, 0) is 9.53 Å². The predicted octanol–water partition coefficient (Wildman–Crippen LogP) is 1.99. The number of benzene rings is 1. The number of hydrogen-bond donors (Lipinski definition) is 2. The van der Waals surface area contributed by atoms with Gasteiger partial charge in [0.2, 0.25) is 5.91 Å². The first-order valence-corrected chi connectivity index (χ1v) is 7.24. The highest BCUT2D eigenvalue weighted by Gasteiger charge is 2.28. The molecule has 3 N–H and O–H groups in total. The summed E-state index contributed by atoms with van der Waals surface area (Å²) in [4.78, 5) is 11.8. The molecule has 1 rings (SSSR count). The van der Waals surface area contributed by atoms with Gasteiger partial charge in [-0.25, -0.2) is 0 Å². The minimum absolute atomic E-state index is 0. The molecule has 22 heavy (non-hydrogen) atoms. The molecule has 0 fully saturated rings. The van der Waals surface area contributed by atoms with Crippen LogP contribution in [0.4, 0.5) is 0 Å². The fourth-order valence-corrected chi connectivity index (χ4v) is 1.69. The molecule has 0 bridgehead atoms. The lowest BCUT2D eigenvalue weighted by atomic mass is 9.88. The van der Waals surface area contributed by atoms with Gasteiger partial charge < -0.3 is 20.5 Å². The molecule has 1 amide bonds. The van der Waals surface area contributed by atoms with Crippen LogP contribution in [-0.4, -0.2) is 37.8 Å². The van der Waals surface area contributed by atoms with Crippen molar-refractivity contribution in [3.05, 3.63) is 30.3 Å².